The Kier molecular flexibility index (Phi) is 3.87. The van der Waals surface area contributed by atoms with Gasteiger partial charge in [0.25, 0.3) is 0 Å². The first-order valence-electron chi connectivity index (χ1n) is 6.73. The van der Waals surface area contributed by atoms with Crippen LogP contribution in [0.5, 0.6) is 0 Å². The van der Waals surface area contributed by atoms with Crippen molar-refractivity contribution in [3.8, 4) is 0 Å². The lowest BCUT2D eigenvalue weighted by Gasteiger charge is -2.18. The number of nitrogen functional groups attached to an aromatic ring is 1. The third-order valence-electron chi connectivity index (χ3n) is 4.07. The van der Waals surface area contributed by atoms with Crippen LogP contribution in [0.2, 0.25) is 0 Å². The molecule has 19 heavy (non-hydrogen) atoms. The molecule has 0 bridgehead atoms. The molecular formula is C14H22N2O2S. The number of hydrogen-bond donors (Lipinski definition) is 1. The van der Waals surface area contributed by atoms with Crippen LogP contribution in [0.15, 0.2) is 17.0 Å². The van der Waals surface area contributed by atoms with E-state index in [0.29, 0.717) is 24.7 Å². The molecule has 0 amide bonds. The summed E-state index contributed by atoms with van der Waals surface area (Å²) in [5.41, 5.74) is 8.23. The lowest BCUT2D eigenvalue weighted by molar-refractivity contribution is 0.453. The van der Waals surface area contributed by atoms with Crippen LogP contribution < -0.4 is 5.73 Å². The quantitative estimate of drug-likeness (QED) is 0.865. The number of nitrogens with two attached hydrogens (primary N) is 1. The van der Waals surface area contributed by atoms with Gasteiger partial charge in [-0.2, -0.15) is 4.31 Å². The number of sulfonamides is 1. The summed E-state index contributed by atoms with van der Waals surface area (Å²) >= 11 is 0. The topological polar surface area (TPSA) is 63.4 Å². The van der Waals surface area contributed by atoms with Crippen molar-refractivity contribution in [1.29, 1.82) is 0 Å². The van der Waals surface area contributed by atoms with Gasteiger partial charge in [-0.25, -0.2) is 8.42 Å². The van der Waals surface area contributed by atoms with E-state index in [2.05, 4.69) is 6.92 Å². The maximum absolute atomic E-state index is 12.6. The van der Waals surface area contributed by atoms with Gasteiger partial charge in [-0.15, -0.1) is 0 Å². The average molecular weight is 282 g/mol. The fourth-order valence-electron chi connectivity index (χ4n) is 2.52. The Morgan fingerprint density at radius 3 is 2.53 bits per heavy atom. The molecule has 0 radical (unpaired) electrons. The molecular weight excluding hydrogens is 260 g/mol. The van der Waals surface area contributed by atoms with Crippen LogP contribution in [0.3, 0.4) is 0 Å². The van der Waals surface area contributed by atoms with Crippen molar-refractivity contribution in [3.05, 3.63) is 23.3 Å². The average Bonchev–Trinajstić information content (AvgIpc) is 2.83. The lowest BCUT2D eigenvalue weighted by Crippen LogP contribution is -2.29. The normalized spacial score (nSPS) is 20.9. The molecule has 106 valence electrons. The van der Waals surface area contributed by atoms with E-state index in [1.165, 1.54) is 0 Å². The molecule has 0 aromatic heterocycles. The molecule has 1 aliphatic heterocycles. The molecule has 1 aliphatic rings. The number of anilines is 1. The predicted octanol–water partition coefficient (Wildman–Crippen LogP) is 2.31. The molecule has 0 spiro atoms. The second-order valence-corrected chi connectivity index (χ2v) is 7.31. The Morgan fingerprint density at radius 2 is 1.95 bits per heavy atom. The van der Waals surface area contributed by atoms with Crippen LogP contribution >= 0.6 is 0 Å². The fraction of sp³-hybridized carbons (Fsp3) is 0.571. The monoisotopic (exact) mass is 282 g/mol. The Labute approximate surface area is 115 Å². The molecule has 1 fully saturated rings. The van der Waals surface area contributed by atoms with E-state index in [-0.39, 0.29) is 4.90 Å². The maximum atomic E-state index is 12.6. The zero-order valence-corrected chi connectivity index (χ0v) is 12.6. The minimum atomic E-state index is -3.44. The third-order valence-corrected chi connectivity index (χ3v) is 5.99. The molecule has 0 saturated carbocycles. The lowest BCUT2D eigenvalue weighted by atomic mass is 10.1. The Bertz CT molecular complexity index is 581. The summed E-state index contributed by atoms with van der Waals surface area (Å²) in [5, 5.41) is 0. The zero-order chi connectivity index (χ0) is 14.2. The smallest absolute Gasteiger partial charge is 0.245 e. The predicted molar refractivity (Wildman–Crippen MR) is 77.5 cm³/mol. The molecule has 4 nitrogen and oxygen atoms in total. The number of hydrogen-bond acceptors (Lipinski definition) is 3. The second-order valence-electron chi connectivity index (χ2n) is 5.40. The van der Waals surface area contributed by atoms with Gasteiger partial charge >= 0.3 is 0 Å². The van der Waals surface area contributed by atoms with Crippen LogP contribution in [0, 0.1) is 19.8 Å². The van der Waals surface area contributed by atoms with Gasteiger partial charge in [0.1, 0.15) is 4.90 Å². The van der Waals surface area contributed by atoms with Crippen molar-refractivity contribution in [2.45, 2.75) is 38.5 Å². The van der Waals surface area contributed by atoms with Gasteiger partial charge in [-0.05, 0) is 49.4 Å². The fourth-order valence-corrected chi connectivity index (χ4v) is 4.24. The van der Waals surface area contributed by atoms with Gasteiger partial charge < -0.3 is 5.73 Å². The highest BCUT2D eigenvalue weighted by Gasteiger charge is 2.33. The largest absolute Gasteiger partial charge is 0.398 e. The van der Waals surface area contributed by atoms with Crippen molar-refractivity contribution in [2.24, 2.45) is 5.92 Å². The van der Waals surface area contributed by atoms with Crippen molar-refractivity contribution >= 4 is 15.7 Å². The summed E-state index contributed by atoms with van der Waals surface area (Å²) in [6, 6.07) is 3.44. The van der Waals surface area contributed by atoms with Crippen molar-refractivity contribution in [3.63, 3.8) is 0 Å². The van der Waals surface area contributed by atoms with E-state index in [1.807, 2.05) is 13.8 Å². The first kappa shape index (κ1) is 14.3. The number of aryl methyl sites for hydroxylation is 2. The van der Waals surface area contributed by atoms with Crippen molar-refractivity contribution < 1.29 is 8.42 Å². The van der Waals surface area contributed by atoms with Crippen LogP contribution in [-0.4, -0.2) is 25.8 Å². The van der Waals surface area contributed by atoms with Crippen molar-refractivity contribution in [1.82, 2.24) is 4.31 Å². The van der Waals surface area contributed by atoms with Gasteiger partial charge in [0, 0.05) is 13.1 Å². The molecule has 1 heterocycles. The summed E-state index contributed by atoms with van der Waals surface area (Å²) in [7, 11) is -3.44. The van der Waals surface area contributed by atoms with Gasteiger partial charge in [0.2, 0.25) is 10.0 Å². The van der Waals surface area contributed by atoms with E-state index >= 15 is 0 Å². The molecule has 1 aromatic carbocycles. The minimum absolute atomic E-state index is 0.257. The Balaban J connectivity index is 2.38. The number of nitrogens with zero attached hydrogens (tertiary/aromatic N) is 1. The van der Waals surface area contributed by atoms with Gasteiger partial charge in [-0.3, -0.25) is 0 Å². The maximum Gasteiger partial charge on any atom is 0.245 e. The standard InChI is InChI=1S/C14H22N2O2S/c1-4-12-5-6-16(9-12)19(17,18)14-8-11(3)10(2)7-13(14)15/h7-8,12H,4-6,9,15H2,1-3H3. The van der Waals surface area contributed by atoms with Crippen LogP contribution in [0.4, 0.5) is 5.69 Å². The van der Waals surface area contributed by atoms with E-state index < -0.39 is 10.0 Å². The first-order valence-corrected chi connectivity index (χ1v) is 8.17. The number of benzene rings is 1. The van der Waals surface area contributed by atoms with Crippen molar-refractivity contribution in [2.75, 3.05) is 18.8 Å². The molecule has 1 aromatic rings. The third kappa shape index (κ3) is 2.62. The van der Waals surface area contributed by atoms with Crippen LogP contribution in [0.25, 0.3) is 0 Å². The van der Waals surface area contributed by atoms with E-state index in [1.54, 1.807) is 16.4 Å². The molecule has 1 unspecified atom stereocenters. The van der Waals surface area contributed by atoms with Gasteiger partial charge in [-0.1, -0.05) is 13.3 Å². The zero-order valence-electron chi connectivity index (χ0n) is 11.8. The van der Waals surface area contributed by atoms with Crippen LogP contribution in [0.1, 0.15) is 30.9 Å². The first-order chi connectivity index (χ1) is 8.86. The molecule has 1 saturated heterocycles. The highest BCUT2D eigenvalue weighted by molar-refractivity contribution is 7.89. The highest BCUT2D eigenvalue weighted by atomic mass is 32.2. The summed E-state index contributed by atoms with van der Waals surface area (Å²) in [6.07, 6.45) is 1.97. The van der Waals surface area contributed by atoms with Crippen LogP contribution in [-0.2, 0) is 10.0 Å². The summed E-state index contributed by atoms with van der Waals surface area (Å²) < 4.78 is 26.8. The Hall–Kier alpha value is -1.07. The van der Waals surface area contributed by atoms with E-state index in [0.717, 1.165) is 24.0 Å². The minimum Gasteiger partial charge on any atom is -0.398 e. The second kappa shape index (κ2) is 5.13. The van der Waals surface area contributed by atoms with Gasteiger partial charge in [0.15, 0.2) is 0 Å². The molecule has 1 atom stereocenters. The molecule has 0 aliphatic carbocycles. The summed E-state index contributed by atoms with van der Waals surface area (Å²) in [6.45, 7) is 7.17. The van der Waals surface area contributed by atoms with E-state index in [9.17, 15) is 8.42 Å². The summed E-state index contributed by atoms with van der Waals surface area (Å²) in [4.78, 5) is 0.257. The van der Waals surface area contributed by atoms with Gasteiger partial charge in [0.05, 0.1) is 5.69 Å². The molecule has 5 heteroatoms. The Morgan fingerprint density at radius 1 is 1.32 bits per heavy atom. The SMILES string of the molecule is CCC1CCN(S(=O)(=O)c2cc(C)c(C)cc2N)C1. The number of rotatable bonds is 3. The molecule has 2 N–H and O–H groups in total. The molecule has 2 rings (SSSR count). The van der Waals surface area contributed by atoms with E-state index in [4.69, 9.17) is 5.73 Å². The summed E-state index contributed by atoms with van der Waals surface area (Å²) in [5.74, 6) is 0.475. The highest BCUT2D eigenvalue weighted by Crippen LogP contribution is 2.30.